The van der Waals surface area contributed by atoms with Crippen molar-refractivity contribution in [3.8, 4) is 17.3 Å². The molecular formula is C21H25ClN6O2. The van der Waals surface area contributed by atoms with Crippen LogP contribution in [0.1, 0.15) is 48.6 Å². The molecular weight excluding hydrogens is 404 g/mol. The van der Waals surface area contributed by atoms with Crippen LogP contribution in [0.25, 0.3) is 17.3 Å². The number of rotatable bonds is 7. The van der Waals surface area contributed by atoms with Gasteiger partial charge in [0.25, 0.3) is 5.91 Å². The normalized spacial score (nSPS) is 13.5. The van der Waals surface area contributed by atoms with E-state index in [1.807, 2.05) is 10.6 Å². The molecule has 9 heteroatoms. The largest absolute Gasteiger partial charge is 0.337 e. The molecule has 0 fully saturated rings. The zero-order valence-electron chi connectivity index (χ0n) is 17.4. The van der Waals surface area contributed by atoms with E-state index in [0.717, 1.165) is 31.6 Å². The van der Waals surface area contributed by atoms with E-state index in [2.05, 4.69) is 33.9 Å². The molecule has 0 spiro atoms. The average Bonchev–Trinajstić information content (AvgIpc) is 3.32. The summed E-state index contributed by atoms with van der Waals surface area (Å²) < 4.78 is 7.44. The Morgan fingerprint density at radius 3 is 2.73 bits per heavy atom. The summed E-state index contributed by atoms with van der Waals surface area (Å²) in [6.07, 6.45) is 3.88. The summed E-state index contributed by atoms with van der Waals surface area (Å²) in [7, 11) is 1.76. The highest BCUT2D eigenvalue weighted by atomic mass is 35.5. The SMILES string of the molecule is CCCN(CCC)Cc1nc(-c2ncc3n2-c2ccc(Cl)cc2C(=O)N(C)C3)no1. The van der Waals surface area contributed by atoms with Crippen LogP contribution in [0.3, 0.4) is 0 Å². The molecule has 8 nitrogen and oxygen atoms in total. The van der Waals surface area contributed by atoms with Crippen molar-refractivity contribution < 1.29 is 9.32 Å². The number of nitrogens with zero attached hydrogens (tertiary/aromatic N) is 6. The molecule has 3 heterocycles. The molecule has 158 valence electrons. The lowest BCUT2D eigenvalue weighted by atomic mass is 10.1. The maximum absolute atomic E-state index is 12.8. The summed E-state index contributed by atoms with van der Waals surface area (Å²) in [4.78, 5) is 25.9. The fourth-order valence-corrected chi connectivity index (χ4v) is 4.00. The Labute approximate surface area is 180 Å². The number of halogens is 1. The molecule has 0 aliphatic carbocycles. The molecule has 0 N–H and O–H groups in total. The van der Waals surface area contributed by atoms with Gasteiger partial charge in [0.05, 0.1) is 36.2 Å². The number of fused-ring (bicyclic) bond motifs is 3. The number of carbonyl (C=O) groups excluding carboxylic acids is 1. The maximum atomic E-state index is 12.8. The van der Waals surface area contributed by atoms with Gasteiger partial charge in [-0.3, -0.25) is 14.3 Å². The number of hydrogen-bond donors (Lipinski definition) is 0. The second-order valence-electron chi connectivity index (χ2n) is 7.52. The molecule has 1 aromatic carbocycles. The van der Waals surface area contributed by atoms with E-state index in [0.29, 0.717) is 46.9 Å². The minimum Gasteiger partial charge on any atom is -0.337 e. The smallest absolute Gasteiger partial charge is 0.256 e. The van der Waals surface area contributed by atoms with Crippen LogP contribution in [-0.2, 0) is 13.1 Å². The Kier molecular flexibility index (Phi) is 5.87. The summed E-state index contributed by atoms with van der Waals surface area (Å²) in [5.41, 5.74) is 2.09. The maximum Gasteiger partial charge on any atom is 0.256 e. The van der Waals surface area contributed by atoms with Gasteiger partial charge in [0.15, 0.2) is 5.82 Å². The van der Waals surface area contributed by atoms with Crippen molar-refractivity contribution in [2.45, 2.75) is 39.8 Å². The Morgan fingerprint density at radius 2 is 2.00 bits per heavy atom. The quantitative estimate of drug-likeness (QED) is 0.569. The lowest BCUT2D eigenvalue weighted by Gasteiger charge is -2.18. The van der Waals surface area contributed by atoms with Crippen LogP contribution in [0, 0.1) is 0 Å². The summed E-state index contributed by atoms with van der Waals surface area (Å²) in [5.74, 6) is 1.42. The molecule has 30 heavy (non-hydrogen) atoms. The number of aromatic nitrogens is 4. The van der Waals surface area contributed by atoms with Gasteiger partial charge in [-0.05, 0) is 44.1 Å². The number of benzene rings is 1. The summed E-state index contributed by atoms with van der Waals surface area (Å²) in [6, 6.07) is 5.28. The van der Waals surface area contributed by atoms with Crippen molar-refractivity contribution in [1.82, 2.24) is 29.5 Å². The molecule has 1 amide bonds. The zero-order chi connectivity index (χ0) is 21.3. The van der Waals surface area contributed by atoms with Gasteiger partial charge in [0, 0.05) is 12.1 Å². The molecule has 0 bridgehead atoms. The molecule has 0 atom stereocenters. The van der Waals surface area contributed by atoms with Crippen molar-refractivity contribution in [3.05, 3.63) is 46.6 Å². The van der Waals surface area contributed by atoms with Gasteiger partial charge in [-0.1, -0.05) is 30.6 Å². The second-order valence-corrected chi connectivity index (χ2v) is 7.96. The molecule has 0 saturated carbocycles. The Morgan fingerprint density at radius 1 is 1.23 bits per heavy atom. The fourth-order valence-electron chi connectivity index (χ4n) is 3.82. The van der Waals surface area contributed by atoms with Crippen LogP contribution < -0.4 is 0 Å². The third-order valence-corrected chi connectivity index (χ3v) is 5.35. The Balaban J connectivity index is 1.73. The molecule has 3 aromatic rings. The van der Waals surface area contributed by atoms with Crippen LogP contribution in [0.2, 0.25) is 5.02 Å². The monoisotopic (exact) mass is 428 g/mol. The van der Waals surface area contributed by atoms with Gasteiger partial charge in [0.2, 0.25) is 11.7 Å². The van der Waals surface area contributed by atoms with Gasteiger partial charge in [-0.25, -0.2) is 4.98 Å². The molecule has 4 rings (SSSR count). The van der Waals surface area contributed by atoms with E-state index in [1.54, 1.807) is 30.3 Å². The predicted molar refractivity (Wildman–Crippen MR) is 114 cm³/mol. The lowest BCUT2D eigenvalue weighted by molar-refractivity contribution is 0.0788. The van der Waals surface area contributed by atoms with Gasteiger partial charge in [0.1, 0.15) is 0 Å². The molecule has 0 unspecified atom stereocenters. The third kappa shape index (κ3) is 3.85. The lowest BCUT2D eigenvalue weighted by Crippen LogP contribution is -2.25. The van der Waals surface area contributed by atoms with E-state index >= 15 is 0 Å². The van der Waals surface area contributed by atoms with Crippen molar-refractivity contribution in [2.75, 3.05) is 20.1 Å². The first-order valence-electron chi connectivity index (χ1n) is 10.2. The minimum atomic E-state index is -0.0919. The number of hydrogen-bond acceptors (Lipinski definition) is 6. The first-order valence-corrected chi connectivity index (χ1v) is 10.6. The van der Waals surface area contributed by atoms with E-state index in [9.17, 15) is 4.79 Å². The summed E-state index contributed by atoms with van der Waals surface area (Å²) in [6.45, 7) is 7.30. The first-order chi connectivity index (χ1) is 14.5. The fraction of sp³-hybridized carbons (Fsp3) is 0.429. The van der Waals surface area contributed by atoms with E-state index in [-0.39, 0.29) is 5.91 Å². The standard InChI is InChI=1S/C21H25ClN6O2/c1-4-8-27(9-5-2)13-18-24-19(25-30-18)20-23-11-15-12-26(3)21(29)16-10-14(22)6-7-17(16)28(15)20/h6-7,10-11H,4-5,8-9,12-13H2,1-3H3. The topological polar surface area (TPSA) is 80.3 Å². The minimum absolute atomic E-state index is 0.0919. The highest BCUT2D eigenvalue weighted by molar-refractivity contribution is 6.31. The van der Waals surface area contributed by atoms with Gasteiger partial charge < -0.3 is 9.42 Å². The van der Waals surface area contributed by atoms with E-state index in [4.69, 9.17) is 16.1 Å². The zero-order valence-corrected chi connectivity index (χ0v) is 18.2. The molecule has 0 radical (unpaired) electrons. The second kappa shape index (κ2) is 8.57. The van der Waals surface area contributed by atoms with Gasteiger partial charge in [-0.15, -0.1) is 0 Å². The molecule has 1 aliphatic rings. The molecule has 0 saturated heterocycles. The van der Waals surface area contributed by atoms with Crippen LogP contribution in [0.4, 0.5) is 0 Å². The van der Waals surface area contributed by atoms with Gasteiger partial charge >= 0.3 is 0 Å². The van der Waals surface area contributed by atoms with Gasteiger partial charge in [-0.2, -0.15) is 4.98 Å². The van der Waals surface area contributed by atoms with Crippen molar-refractivity contribution >= 4 is 17.5 Å². The third-order valence-electron chi connectivity index (χ3n) is 5.12. The molecule has 1 aliphatic heterocycles. The number of amides is 1. The van der Waals surface area contributed by atoms with Crippen molar-refractivity contribution in [3.63, 3.8) is 0 Å². The van der Waals surface area contributed by atoms with Crippen LogP contribution >= 0.6 is 11.6 Å². The highest BCUT2D eigenvalue weighted by Crippen LogP contribution is 2.30. The van der Waals surface area contributed by atoms with Crippen molar-refractivity contribution in [2.24, 2.45) is 0 Å². The van der Waals surface area contributed by atoms with Crippen LogP contribution in [-0.4, -0.2) is 55.5 Å². The highest BCUT2D eigenvalue weighted by Gasteiger charge is 2.28. The van der Waals surface area contributed by atoms with Crippen LogP contribution in [0.5, 0.6) is 0 Å². The Bertz CT molecular complexity index is 1050. The Hall–Kier alpha value is -2.71. The number of imidazole rings is 1. The van der Waals surface area contributed by atoms with Crippen LogP contribution in [0.15, 0.2) is 28.9 Å². The molecule has 2 aromatic heterocycles. The number of carbonyl (C=O) groups is 1. The van der Waals surface area contributed by atoms with E-state index in [1.165, 1.54) is 0 Å². The average molecular weight is 429 g/mol. The van der Waals surface area contributed by atoms with Crippen molar-refractivity contribution in [1.29, 1.82) is 0 Å². The van der Waals surface area contributed by atoms with E-state index < -0.39 is 0 Å². The summed E-state index contributed by atoms with van der Waals surface area (Å²) in [5, 5.41) is 4.69. The summed E-state index contributed by atoms with van der Waals surface area (Å²) >= 11 is 6.16. The first kappa shape index (κ1) is 20.6. The predicted octanol–water partition coefficient (Wildman–Crippen LogP) is 3.78.